The fraction of sp³-hybridized carbons (Fsp3) is 0.882. The van der Waals surface area contributed by atoms with E-state index in [0.717, 1.165) is 12.3 Å². The molecule has 0 saturated heterocycles. The van der Waals surface area contributed by atoms with Crippen molar-refractivity contribution in [2.45, 2.75) is 83.2 Å². The van der Waals surface area contributed by atoms with E-state index in [0.29, 0.717) is 5.92 Å². The molecule has 104 valence electrons. The molecule has 2 fully saturated rings. The van der Waals surface area contributed by atoms with E-state index in [2.05, 4.69) is 6.58 Å². The van der Waals surface area contributed by atoms with Crippen molar-refractivity contribution in [2.75, 3.05) is 0 Å². The summed E-state index contributed by atoms with van der Waals surface area (Å²) in [5.74, 6) is 1.42. The summed E-state index contributed by atoms with van der Waals surface area (Å²) in [6.45, 7) is 4.22. The van der Waals surface area contributed by atoms with Crippen LogP contribution in [0.4, 0.5) is 0 Å². The van der Waals surface area contributed by atoms with Crippen molar-refractivity contribution in [1.29, 1.82) is 0 Å². The van der Waals surface area contributed by atoms with Crippen LogP contribution in [0.2, 0.25) is 0 Å². The van der Waals surface area contributed by atoms with Crippen LogP contribution in [0.15, 0.2) is 12.2 Å². The van der Waals surface area contributed by atoms with Crippen LogP contribution >= 0.6 is 0 Å². The molecule has 0 aromatic heterocycles. The van der Waals surface area contributed by atoms with E-state index in [1.54, 1.807) is 0 Å². The first-order chi connectivity index (χ1) is 8.75. The summed E-state index contributed by atoms with van der Waals surface area (Å²) in [5.41, 5.74) is 1.31. The van der Waals surface area contributed by atoms with E-state index in [1.807, 2.05) is 0 Å². The van der Waals surface area contributed by atoms with Crippen molar-refractivity contribution < 1.29 is 5.11 Å². The molecule has 0 aromatic rings. The second-order valence-electron chi connectivity index (χ2n) is 6.63. The molecule has 0 heterocycles. The molecule has 0 aromatic carbocycles. The Hall–Kier alpha value is -0.300. The molecule has 1 atom stereocenters. The zero-order valence-electron chi connectivity index (χ0n) is 11.9. The van der Waals surface area contributed by atoms with Crippen molar-refractivity contribution in [3.05, 3.63) is 12.2 Å². The van der Waals surface area contributed by atoms with Crippen molar-refractivity contribution >= 4 is 0 Å². The van der Waals surface area contributed by atoms with E-state index in [-0.39, 0.29) is 6.10 Å². The molecule has 1 nitrogen and oxygen atoms in total. The molecule has 0 bridgehead atoms. The van der Waals surface area contributed by atoms with Gasteiger partial charge in [0.1, 0.15) is 0 Å². The number of aliphatic hydroxyl groups is 1. The van der Waals surface area contributed by atoms with Crippen molar-refractivity contribution in [2.24, 2.45) is 11.8 Å². The maximum atomic E-state index is 10.3. The molecular weight excluding hydrogens is 220 g/mol. The van der Waals surface area contributed by atoms with Crippen LogP contribution in [0.5, 0.6) is 0 Å². The van der Waals surface area contributed by atoms with E-state index < -0.39 is 0 Å². The van der Waals surface area contributed by atoms with Gasteiger partial charge in [-0.1, -0.05) is 63.5 Å². The number of aliphatic hydroxyl groups excluding tert-OH is 1. The molecule has 2 aliphatic carbocycles. The SMILES string of the molecule is C=C(CC1CCCCC1)CC(O)C1CCCCC1. The predicted octanol–water partition coefficient (Wildman–Crippen LogP) is 4.84. The Balaban J connectivity index is 1.68. The van der Waals surface area contributed by atoms with Crippen molar-refractivity contribution in [1.82, 2.24) is 0 Å². The molecule has 18 heavy (non-hydrogen) atoms. The van der Waals surface area contributed by atoms with Crippen molar-refractivity contribution in [3.8, 4) is 0 Å². The van der Waals surface area contributed by atoms with Crippen LogP contribution < -0.4 is 0 Å². The van der Waals surface area contributed by atoms with Gasteiger partial charge in [-0.05, 0) is 37.5 Å². The van der Waals surface area contributed by atoms with Crippen LogP contribution in [-0.2, 0) is 0 Å². The fourth-order valence-corrected chi connectivity index (χ4v) is 3.86. The Morgan fingerprint density at radius 2 is 1.50 bits per heavy atom. The van der Waals surface area contributed by atoms with E-state index in [9.17, 15) is 5.11 Å². The van der Waals surface area contributed by atoms with E-state index in [4.69, 9.17) is 0 Å². The summed E-state index contributed by atoms with van der Waals surface area (Å²) in [4.78, 5) is 0. The normalized spacial score (nSPS) is 24.9. The van der Waals surface area contributed by atoms with Gasteiger partial charge in [-0.3, -0.25) is 0 Å². The van der Waals surface area contributed by atoms with Crippen LogP contribution in [-0.4, -0.2) is 11.2 Å². The van der Waals surface area contributed by atoms with Crippen LogP contribution in [0.1, 0.15) is 77.0 Å². The molecule has 0 spiro atoms. The summed E-state index contributed by atoms with van der Waals surface area (Å²) < 4.78 is 0. The third-order valence-corrected chi connectivity index (χ3v) is 4.99. The van der Waals surface area contributed by atoms with Gasteiger partial charge < -0.3 is 5.11 Å². The highest BCUT2D eigenvalue weighted by Crippen LogP contribution is 2.32. The lowest BCUT2D eigenvalue weighted by Gasteiger charge is -2.28. The second-order valence-corrected chi connectivity index (χ2v) is 6.63. The molecule has 1 unspecified atom stereocenters. The highest BCUT2D eigenvalue weighted by Gasteiger charge is 2.23. The standard InChI is InChI=1S/C17H30O/c1-14(12-15-8-4-2-5-9-15)13-17(18)16-10-6-3-7-11-16/h15-18H,1-13H2. The Morgan fingerprint density at radius 1 is 0.944 bits per heavy atom. The first-order valence-corrected chi connectivity index (χ1v) is 8.10. The number of hydrogen-bond donors (Lipinski definition) is 1. The van der Waals surface area contributed by atoms with Gasteiger partial charge in [0.05, 0.1) is 6.10 Å². The van der Waals surface area contributed by atoms with Gasteiger partial charge in [-0.25, -0.2) is 0 Å². The zero-order valence-corrected chi connectivity index (χ0v) is 11.9. The van der Waals surface area contributed by atoms with E-state index in [1.165, 1.54) is 76.2 Å². The smallest absolute Gasteiger partial charge is 0.0605 e. The maximum absolute atomic E-state index is 10.3. The minimum Gasteiger partial charge on any atom is -0.393 e. The highest BCUT2D eigenvalue weighted by molar-refractivity contribution is 4.99. The van der Waals surface area contributed by atoms with Crippen molar-refractivity contribution in [3.63, 3.8) is 0 Å². The summed E-state index contributed by atoms with van der Waals surface area (Å²) >= 11 is 0. The third kappa shape index (κ3) is 4.42. The Morgan fingerprint density at radius 3 is 2.11 bits per heavy atom. The number of rotatable bonds is 5. The highest BCUT2D eigenvalue weighted by atomic mass is 16.3. The van der Waals surface area contributed by atoms with Crippen LogP contribution in [0, 0.1) is 11.8 Å². The monoisotopic (exact) mass is 250 g/mol. The molecule has 1 N–H and O–H groups in total. The van der Waals surface area contributed by atoms with Gasteiger partial charge in [0.25, 0.3) is 0 Å². The topological polar surface area (TPSA) is 20.2 Å². The molecule has 2 aliphatic rings. The Kier molecular flexibility index (Phi) is 5.75. The first kappa shape index (κ1) is 14.1. The minimum absolute atomic E-state index is 0.110. The molecule has 2 saturated carbocycles. The van der Waals surface area contributed by atoms with Gasteiger partial charge in [0, 0.05) is 0 Å². The maximum Gasteiger partial charge on any atom is 0.0605 e. The average molecular weight is 250 g/mol. The van der Waals surface area contributed by atoms with Gasteiger partial charge in [0.2, 0.25) is 0 Å². The van der Waals surface area contributed by atoms with Gasteiger partial charge in [-0.15, -0.1) is 0 Å². The molecule has 0 amide bonds. The summed E-state index contributed by atoms with van der Waals surface area (Å²) in [6.07, 6.45) is 15.4. The average Bonchev–Trinajstić information content (AvgIpc) is 2.40. The fourth-order valence-electron chi connectivity index (χ4n) is 3.86. The first-order valence-electron chi connectivity index (χ1n) is 8.10. The molecule has 2 rings (SSSR count). The Bertz CT molecular complexity index is 246. The summed E-state index contributed by atoms with van der Waals surface area (Å²) in [5, 5.41) is 10.3. The number of hydrogen-bond acceptors (Lipinski definition) is 1. The third-order valence-electron chi connectivity index (χ3n) is 4.99. The quantitative estimate of drug-likeness (QED) is 0.692. The van der Waals surface area contributed by atoms with E-state index >= 15 is 0 Å². The Labute approximate surface area is 113 Å². The van der Waals surface area contributed by atoms with Gasteiger partial charge in [0.15, 0.2) is 0 Å². The molecule has 0 radical (unpaired) electrons. The summed E-state index contributed by atoms with van der Waals surface area (Å²) in [7, 11) is 0. The predicted molar refractivity (Wildman–Crippen MR) is 77.5 cm³/mol. The van der Waals surface area contributed by atoms with Crippen LogP contribution in [0.3, 0.4) is 0 Å². The lowest BCUT2D eigenvalue weighted by atomic mass is 9.80. The lowest BCUT2D eigenvalue weighted by Crippen LogP contribution is -2.23. The minimum atomic E-state index is -0.110. The van der Waals surface area contributed by atoms with Gasteiger partial charge >= 0.3 is 0 Å². The van der Waals surface area contributed by atoms with Gasteiger partial charge in [-0.2, -0.15) is 0 Å². The molecule has 1 heteroatoms. The zero-order chi connectivity index (χ0) is 12.8. The lowest BCUT2D eigenvalue weighted by molar-refractivity contribution is 0.0837. The molecule has 0 aliphatic heterocycles. The molecular formula is C17H30O. The largest absolute Gasteiger partial charge is 0.393 e. The summed E-state index contributed by atoms with van der Waals surface area (Å²) in [6, 6.07) is 0. The van der Waals surface area contributed by atoms with Crippen LogP contribution in [0.25, 0.3) is 0 Å². The second kappa shape index (κ2) is 7.33.